The molecule has 0 unspecified atom stereocenters. The Labute approximate surface area is 123 Å². The summed E-state index contributed by atoms with van der Waals surface area (Å²) < 4.78 is 7.64. The molecule has 0 aliphatic rings. The molecule has 18 heavy (non-hydrogen) atoms. The summed E-state index contributed by atoms with van der Waals surface area (Å²) in [6.45, 7) is 1.97. The lowest BCUT2D eigenvalue weighted by molar-refractivity contribution is 0.276. The second-order valence-corrected chi connectivity index (χ2v) is 5.72. The average Bonchev–Trinajstić information content (AvgIpc) is 2.33. The molecule has 0 saturated carbocycles. The van der Waals surface area contributed by atoms with Crippen molar-refractivity contribution in [1.82, 2.24) is 0 Å². The molecule has 0 aromatic heterocycles. The molecule has 0 saturated heterocycles. The van der Waals surface area contributed by atoms with Gasteiger partial charge in [0, 0.05) is 10.0 Å². The monoisotopic (exact) mass is 370 g/mol. The minimum Gasteiger partial charge on any atom is -0.456 e. The van der Waals surface area contributed by atoms with Gasteiger partial charge in [0.15, 0.2) is 0 Å². The van der Waals surface area contributed by atoms with E-state index in [2.05, 4.69) is 31.9 Å². The summed E-state index contributed by atoms with van der Waals surface area (Å²) in [6.07, 6.45) is 0. The first kappa shape index (κ1) is 13.6. The Bertz CT molecular complexity index is 568. The highest BCUT2D eigenvalue weighted by Gasteiger charge is 2.08. The first-order valence-corrected chi connectivity index (χ1v) is 7.02. The van der Waals surface area contributed by atoms with E-state index in [1.54, 1.807) is 0 Å². The van der Waals surface area contributed by atoms with Crippen molar-refractivity contribution in [1.29, 1.82) is 0 Å². The van der Waals surface area contributed by atoms with Crippen LogP contribution in [0.5, 0.6) is 11.5 Å². The smallest absolute Gasteiger partial charge is 0.141 e. The zero-order chi connectivity index (χ0) is 13.1. The summed E-state index contributed by atoms with van der Waals surface area (Å²) >= 11 is 6.87. The van der Waals surface area contributed by atoms with Crippen molar-refractivity contribution in [3.63, 3.8) is 0 Å². The lowest BCUT2D eigenvalue weighted by atomic mass is 10.2. The zero-order valence-corrected chi connectivity index (χ0v) is 13.0. The van der Waals surface area contributed by atoms with E-state index in [1.807, 2.05) is 43.3 Å². The molecule has 94 valence electrons. The number of hydrogen-bond acceptors (Lipinski definition) is 2. The largest absolute Gasteiger partial charge is 0.456 e. The van der Waals surface area contributed by atoms with Crippen LogP contribution in [0.15, 0.2) is 45.3 Å². The summed E-state index contributed by atoms with van der Waals surface area (Å²) in [5.74, 6) is 1.38. The van der Waals surface area contributed by atoms with Gasteiger partial charge in [0.25, 0.3) is 0 Å². The molecule has 0 spiro atoms. The molecule has 4 heteroatoms. The highest BCUT2D eigenvalue weighted by Crippen LogP contribution is 2.33. The maximum atomic E-state index is 9.29. The van der Waals surface area contributed by atoms with Crippen LogP contribution in [0, 0.1) is 6.92 Å². The molecule has 0 atom stereocenters. The highest BCUT2D eigenvalue weighted by molar-refractivity contribution is 9.10. The second kappa shape index (κ2) is 5.87. The van der Waals surface area contributed by atoms with E-state index in [0.717, 1.165) is 25.8 Å². The Morgan fingerprint density at radius 2 is 1.83 bits per heavy atom. The van der Waals surface area contributed by atoms with Crippen molar-refractivity contribution in [2.45, 2.75) is 13.5 Å². The van der Waals surface area contributed by atoms with Crippen molar-refractivity contribution >= 4 is 31.9 Å². The van der Waals surface area contributed by atoms with Gasteiger partial charge in [-0.2, -0.15) is 0 Å². The van der Waals surface area contributed by atoms with Gasteiger partial charge in [0.1, 0.15) is 11.5 Å². The van der Waals surface area contributed by atoms with Gasteiger partial charge in [-0.15, -0.1) is 0 Å². The van der Waals surface area contributed by atoms with Crippen LogP contribution < -0.4 is 4.74 Å². The maximum absolute atomic E-state index is 9.29. The highest BCUT2D eigenvalue weighted by atomic mass is 79.9. The first-order valence-electron chi connectivity index (χ1n) is 5.43. The molecule has 0 aliphatic carbocycles. The fourth-order valence-corrected chi connectivity index (χ4v) is 2.48. The predicted octanol–water partition coefficient (Wildman–Crippen LogP) is 4.80. The van der Waals surface area contributed by atoms with Crippen LogP contribution in [0.3, 0.4) is 0 Å². The molecule has 1 N–H and O–H groups in total. The van der Waals surface area contributed by atoms with Crippen molar-refractivity contribution < 1.29 is 9.84 Å². The van der Waals surface area contributed by atoms with Gasteiger partial charge < -0.3 is 9.84 Å². The molecular formula is C14H12Br2O2. The van der Waals surface area contributed by atoms with E-state index in [9.17, 15) is 5.11 Å². The van der Waals surface area contributed by atoms with E-state index in [1.165, 1.54) is 0 Å². The summed E-state index contributed by atoms with van der Waals surface area (Å²) in [5, 5.41) is 9.29. The third kappa shape index (κ3) is 3.13. The van der Waals surface area contributed by atoms with Crippen molar-refractivity contribution in [3.05, 3.63) is 56.5 Å². The van der Waals surface area contributed by atoms with Gasteiger partial charge >= 0.3 is 0 Å². The molecule has 0 amide bonds. The normalized spacial score (nSPS) is 10.4. The number of halogens is 2. The lowest BCUT2D eigenvalue weighted by Gasteiger charge is -2.12. The number of aryl methyl sites for hydroxylation is 1. The molecule has 2 aromatic rings. The van der Waals surface area contributed by atoms with E-state index in [4.69, 9.17) is 4.74 Å². The number of ether oxygens (including phenoxy) is 1. The second-order valence-electron chi connectivity index (χ2n) is 3.95. The predicted molar refractivity (Wildman–Crippen MR) is 79.0 cm³/mol. The van der Waals surface area contributed by atoms with Gasteiger partial charge in [-0.1, -0.05) is 28.1 Å². The van der Waals surface area contributed by atoms with E-state index < -0.39 is 0 Å². The number of aliphatic hydroxyl groups is 1. The fourth-order valence-electron chi connectivity index (χ4n) is 1.56. The third-order valence-electron chi connectivity index (χ3n) is 2.51. The van der Waals surface area contributed by atoms with Crippen LogP contribution >= 0.6 is 31.9 Å². The summed E-state index contributed by atoms with van der Waals surface area (Å²) in [6, 6.07) is 11.4. The Kier molecular flexibility index (Phi) is 4.43. The van der Waals surface area contributed by atoms with Gasteiger partial charge in [-0.25, -0.2) is 0 Å². The third-order valence-corrected chi connectivity index (χ3v) is 3.62. The molecular weight excluding hydrogens is 360 g/mol. The molecule has 2 rings (SSSR count). The zero-order valence-electron chi connectivity index (χ0n) is 9.78. The molecule has 0 aliphatic heterocycles. The Balaban J connectivity index is 2.36. The number of rotatable bonds is 3. The molecule has 0 fully saturated rings. The van der Waals surface area contributed by atoms with Crippen molar-refractivity contribution in [3.8, 4) is 11.5 Å². The molecule has 0 bridgehead atoms. The van der Waals surface area contributed by atoms with Gasteiger partial charge in [-0.3, -0.25) is 0 Å². The number of benzene rings is 2. The minimum absolute atomic E-state index is 0.0495. The lowest BCUT2D eigenvalue weighted by Crippen LogP contribution is -1.92. The van der Waals surface area contributed by atoms with Crippen LogP contribution in [0.1, 0.15) is 11.1 Å². The summed E-state index contributed by atoms with van der Waals surface area (Å²) in [7, 11) is 0. The first-order chi connectivity index (χ1) is 8.60. The van der Waals surface area contributed by atoms with Crippen LogP contribution in [0.2, 0.25) is 0 Å². The van der Waals surface area contributed by atoms with E-state index in [0.29, 0.717) is 5.75 Å². The van der Waals surface area contributed by atoms with E-state index >= 15 is 0 Å². The van der Waals surface area contributed by atoms with Crippen LogP contribution in [-0.4, -0.2) is 5.11 Å². The van der Waals surface area contributed by atoms with Crippen LogP contribution in [0.25, 0.3) is 0 Å². The summed E-state index contributed by atoms with van der Waals surface area (Å²) in [5.41, 5.74) is 1.91. The Morgan fingerprint density at radius 1 is 1.06 bits per heavy atom. The number of hydrogen-bond donors (Lipinski definition) is 1. The number of aliphatic hydroxyl groups excluding tert-OH is 1. The van der Waals surface area contributed by atoms with Crippen LogP contribution in [-0.2, 0) is 6.61 Å². The van der Waals surface area contributed by atoms with Crippen molar-refractivity contribution in [2.75, 3.05) is 0 Å². The van der Waals surface area contributed by atoms with Gasteiger partial charge in [0.05, 0.1) is 11.1 Å². The molecule has 0 radical (unpaired) electrons. The standard InChI is InChI=1S/C14H12Br2O2/c1-9-2-5-13(12(16)6-9)18-14-7-11(15)4-3-10(14)8-17/h2-7,17H,8H2,1H3. The minimum atomic E-state index is -0.0495. The van der Waals surface area contributed by atoms with Crippen molar-refractivity contribution in [2.24, 2.45) is 0 Å². The van der Waals surface area contributed by atoms with Crippen LogP contribution in [0.4, 0.5) is 0 Å². The van der Waals surface area contributed by atoms with Gasteiger partial charge in [0.2, 0.25) is 0 Å². The van der Waals surface area contributed by atoms with Gasteiger partial charge in [-0.05, 0) is 52.7 Å². The molecule has 0 heterocycles. The average molecular weight is 372 g/mol. The quantitative estimate of drug-likeness (QED) is 0.839. The molecule has 2 aromatic carbocycles. The fraction of sp³-hybridized carbons (Fsp3) is 0.143. The Hall–Kier alpha value is -0.840. The van der Waals surface area contributed by atoms with E-state index in [-0.39, 0.29) is 6.61 Å². The maximum Gasteiger partial charge on any atom is 0.141 e. The molecule has 2 nitrogen and oxygen atoms in total. The SMILES string of the molecule is Cc1ccc(Oc2cc(Br)ccc2CO)c(Br)c1. The summed E-state index contributed by atoms with van der Waals surface area (Å²) in [4.78, 5) is 0. The topological polar surface area (TPSA) is 29.5 Å². The Morgan fingerprint density at radius 3 is 2.50 bits per heavy atom.